The maximum atomic E-state index is 14.3. The number of amides is 2. The van der Waals surface area contributed by atoms with Gasteiger partial charge in [-0.1, -0.05) is 35.9 Å². The minimum atomic E-state index is -2.63. The van der Waals surface area contributed by atoms with E-state index in [4.69, 9.17) is 23.2 Å². The summed E-state index contributed by atoms with van der Waals surface area (Å²) in [5, 5.41) is -0.482. The van der Waals surface area contributed by atoms with Crippen LogP contribution in [0.2, 0.25) is 5.02 Å². The first-order chi connectivity index (χ1) is 15.5. The molecule has 1 heterocycles. The highest BCUT2D eigenvalue weighted by Crippen LogP contribution is 2.44. The highest BCUT2D eigenvalue weighted by molar-refractivity contribution is 6.64. The van der Waals surface area contributed by atoms with Crippen molar-refractivity contribution in [3.05, 3.63) is 58.5 Å². The van der Waals surface area contributed by atoms with E-state index in [-0.39, 0.29) is 29.4 Å². The van der Waals surface area contributed by atoms with Gasteiger partial charge in [0.05, 0.1) is 5.02 Å². The van der Waals surface area contributed by atoms with Crippen LogP contribution >= 0.6 is 23.2 Å². The van der Waals surface area contributed by atoms with E-state index < -0.39 is 41.4 Å². The van der Waals surface area contributed by atoms with Crippen LogP contribution in [0.5, 0.6) is 0 Å². The lowest BCUT2D eigenvalue weighted by molar-refractivity contribution is -0.146. The number of carbonyl (C=O) groups excluding carboxylic acids is 3. The molecule has 2 aromatic rings. The van der Waals surface area contributed by atoms with Crippen LogP contribution in [0.1, 0.15) is 37.3 Å². The van der Waals surface area contributed by atoms with Crippen LogP contribution < -0.4 is 4.90 Å². The van der Waals surface area contributed by atoms with Crippen molar-refractivity contribution in [1.82, 2.24) is 9.88 Å². The highest BCUT2D eigenvalue weighted by atomic mass is 35.5. The molecule has 0 radical (unpaired) electrons. The Balaban J connectivity index is 1.85. The van der Waals surface area contributed by atoms with Crippen LogP contribution in [-0.4, -0.2) is 39.5 Å². The van der Waals surface area contributed by atoms with Gasteiger partial charge in [-0.3, -0.25) is 19.3 Å². The van der Waals surface area contributed by atoms with Crippen molar-refractivity contribution >= 4 is 46.6 Å². The van der Waals surface area contributed by atoms with Crippen LogP contribution in [0, 0.1) is 11.7 Å². The number of anilines is 1. The average Bonchev–Trinajstić information content (AvgIpc) is 2.74. The molecule has 0 saturated heterocycles. The van der Waals surface area contributed by atoms with Crippen molar-refractivity contribution in [2.45, 2.75) is 38.3 Å². The smallest absolute Gasteiger partial charge is 0.263 e. The van der Waals surface area contributed by atoms with Crippen molar-refractivity contribution in [3.8, 4) is 0 Å². The van der Waals surface area contributed by atoms with Crippen molar-refractivity contribution in [1.29, 1.82) is 0 Å². The fourth-order valence-electron chi connectivity index (χ4n) is 3.93. The third-order valence-electron chi connectivity index (χ3n) is 5.71. The van der Waals surface area contributed by atoms with Gasteiger partial charge in [-0.05, 0) is 43.0 Å². The van der Waals surface area contributed by atoms with E-state index in [1.165, 1.54) is 29.2 Å². The Bertz CT molecular complexity index is 1050. The summed E-state index contributed by atoms with van der Waals surface area (Å²) in [4.78, 5) is 42.5. The van der Waals surface area contributed by atoms with Gasteiger partial charge in [-0.25, -0.2) is 18.2 Å². The molecule has 33 heavy (non-hydrogen) atoms. The molecule has 1 fully saturated rings. The summed E-state index contributed by atoms with van der Waals surface area (Å²) in [7, 11) is 0. The van der Waals surface area contributed by atoms with E-state index in [0.717, 1.165) is 17.2 Å². The number of rotatable bonds is 9. The Kier molecular flexibility index (Phi) is 7.64. The van der Waals surface area contributed by atoms with Gasteiger partial charge in [-0.2, -0.15) is 0 Å². The molecule has 0 unspecified atom stereocenters. The van der Waals surface area contributed by atoms with Crippen molar-refractivity contribution < 1.29 is 27.6 Å². The standard InChI is InChI=1S/C22H20Cl2F3N3O3/c1-22(7-15(8-22)19(24)33)30(10-13-2-4-14(5-3-13)20(26)27)18(32)11-29(12-31)21-17(25)6-16(23)9-28-21/h2-6,9,12,15,20H,7-8,10-11H2,1H3. The van der Waals surface area contributed by atoms with Gasteiger partial charge in [0.25, 0.3) is 6.43 Å². The van der Waals surface area contributed by atoms with Gasteiger partial charge < -0.3 is 4.90 Å². The van der Waals surface area contributed by atoms with E-state index >= 15 is 0 Å². The predicted molar refractivity (Wildman–Crippen MR) is 117 cm³/mol. The van der Waals surface area contributed by atoms with E-state index in [1.54, 1.807) is 6.92 Å². The third-order valence-corrected chi connectivity index (χ3v) is 6.23. The van der Waals surface area contributed by atoms with Gasteiger partial charge in [0.1, 0.15) is 6.54 Å². The van der Waals surface area contributed by atoms with Crippen LogP contribution in [0.15, 0.2) is 36.5 Å². The summed E-state index contributed by atoms with van der Waals surface area (Å²) in [6, 6.07) is 6.46. The van der Waals surface area contributed by atoms with Crippen LogP contribution in [0.3, 0.4) is 0 Å². The minimum Gasteiger partial charge on any atom is -0.331 e. The summed E-state index contributed by atoms with van der Waals surface area (Å²) in [5.41, 5.74) is -0.354. The second-order valence-corrected chi connectivity index (χ2v) is 8.93. The molecular weight excluding hydrogens is 482 g/mol. The summed E-state index contributed by atoms with van der Waals surface area (Å²) in [5.74, 6) is -2.21. The molecule has 0 aliphatic heterocycles. The molecule has 11 heteroatoms. The van der Waals surface area contributed by atoms with E-state index in [9.17, 15) is 27.6 Å². The average molecular weight is 502 g/mol. The molecule has 1 saturated carbocycles. The van der Waals surface area contributed by atoms with Crippen molar-refractivity contribution in [2.75, 3.05) is 11.4 Å². The second kappa shape index (κ2) is 10.1. The molecule has 6 nitrogen and oxygen atoms in total. The number of hydrogen-bond acceptors (Lipinski definition) is 4. The number of aromatic nitrogens is 1. The SMILES string of the molecule is CC1(N(Cc2ccc(C(F)F)cc2)C(=O)CN(C=O)c2ncc(Cl)cc2F)CC(C(=O)Cl)C1. The Hall–Kier alpha value is -2.65. The zero-order valence-electron chi connectivity index (χ0n) is 17.5. The Morgan fingerprint density at radius 1 is 1.27 bits per heavy atom. The van der Waals surface area contributed by atoms with Gasteiger partial charge in [0.2, 0.25) is 17.6 Å². The Morgan fingerprint density at radius 2 is 1.91 bits per heavy atom. The third kappa shape index (κ3) is 5.65. The molecule has 1 aromatic carbocycles. The lowest BCUT2D eigenvalue weighted by Crippen LogP contribution is -2.59. The summed E-state index contributed by atoms with van der Waals surface area (Å²) < 4.78 is 40.0. The fourth-order valence-corrected chi connectivity index (χ4v) is 4.22. The summed E-state index contributed by atoms with van der Waals surface area (Å²) >= 11 is 11.3. The van der Waals surface area contributed by atoms with Gasteiger partial charge in [0.15, 0.2) is 11.6 Å². The van der Waals surface area contributed by atoms with Gasteiger partial charge in [-0.15, -0.1) is 0 Å². The summed E-state index contributed by atoms with van der Waals surface area (Å²) in [6.07, 6.45) is -0.608. The fraction of sp³-hybridized carbons (Fsp3) is 0.364. The quantitative estimate of drug-likeness (QED) is 0.367. The molecular formula is C22H20Cl2F3N3O3. The molecule has 176 valence electrons. The molecule has 0 bridgehead atoms. The van der Waals surface area contributed by atoms with E-state index in [0.29, 0.717) is 18.4 Å². The topological polar surface area (TPSA) is 70.6 Å². The zero-order chi connectivity index (χ0) is 24.3. The number of hydrogen-bond donors (Lipinski definition) is 0. The number of benzene rings is 1. The summed E-state index contributed by atoms with van der Waals surface area (Å²) in [6.45, 7) is 1.27. The largest absolute Gasteiger partial charge is 0.331 e. The first-order valence-corrected chi connectivity index (χ1v) is 10.7. The number of halogens is 5. The van der Waals surface area contributed by atoms with Crippen LogP contribution in [0.25, 0.3) is 0 Å². The second-order valence-electron chi connectivity index (χ2n) is 8.12. The number of alkyl halides is 2. The van der Waals surface area contributed by atoms with Crippen LogP contribution in [-0.2, 0) is 20.9 Å². The molecule has 1 aliphatic carbocycles. The Morgan fingerprint density at radius 3 is 2.42 bits per heavy atom. The molecule has 0 spiro atoms. The Labute approximate surface area is 198 Å². The van der Waals surface area contributed by atoms with E-state index in [2.05, 4.69) is 4.98 Å². The van der Waals surface area contributed by atoms with E-state index in [1.807, 2.05) is 0 Å². The minimum absolute atomic E-state index is 0.0288. The monoisotopic (exact) mass is 501 g/mol. The van der Waals surface area contributed by atoms with Crippen LogP contribution in [0.4, 0.5) is 19.0 Å². The van der Waals surface area contributed by atoms with Gasteiger partial charge in [0, 0.05) is 29.8 Å². The molecule has 0 atom stereocenters. The lowest BCUT2D eigenvalue weighted by atomic mass is 9.68. The molecule has 1 aromatic heterocycles. The highest BCUT2D eigenvalue weighted by Gasteiger charge is 2.49. The number of nitrogens with zero attached hydrogens (tertiary/aromatic N) is 3. The van der Waals surface area contributed by atoms with Gasteiger partial charge >= 0.3 is 0 Å². The molecule has 3 rings (SSSR count). The lowest BCUT2D eigenvalue weighted by Gasteiger charge is -2.51. The number of pyridine rings is 1. The maximum Gasteiger partial charge on any atom is 0.263 e. The molecule has 1 aliphatic rings. The molecule has 0 N–H and O–H groups in total. The maximum absolute atomic E-state index is 14.3. The zero-order valence-corrected chi connectivity index (χ0v) is 19.0. The predicted octanol–water partition coefficient (Wildman–Crippen LogP) is 4.74. The normalized spacial score (nSPS) is 19.7. The first kappa shape index (κ1) is 25.0. The number of carbonyl (C=O) groups is 3. The first-order valence-electron chi connectivity index (χ1n) is 9.94. The van der Waals surface area contributed by atoms with Crippen molar-refractivity contribution in [3.63, 3.8) is 0 Å². The van der Waals surface area contributed by atoms with Crippen molar-refractivity contribution in [2.24, 2.45) is 5.92 Å². The molecule has 2 amide bonds.